The van der Waals surface area contributed by atoms with Gasteiger partial charge in [0, 0.05) is 18.6 Å². The van der Waals surface area contributed by atoms with Crippen LogP contribution in [0, 0.1) is 0 Å². The highest BCUT2D eigenvalue weighted by molar-refractivity contribution is 7.91. The molecule has 5 heteroatoms. The molecule has 1 aliphatic heterocycles. The van der Waals surface area contributed by atoms with Crippen LogP contribution in [-0.4, -0.2) is 50.5 Å². The van der Waals surface area contributed by atoms with Gasteiger partial charge in [-0.1, -0.05) is 30.3 Å². The molecule has 2 unspecified atom stereocenters. The summed E-state index contributed by atoms with van der Waals surface area (Å²) in [6, 6.07) is 9.89. The topological polar surface area (TPSA) is 63.4 Å². The molecular weight excluding hydrogens is 248 g/mol. The van der Waals surface area contributed by atoms with Crippen molar-refractivity contribution in [1.29, 1.82) is 0 Å². The van der Waals surface area contributed by atoms with Gasteiger partial charge in [-0.05, 0) is 19.0 Å². The Labute approximate surface area is 109 Å². The Morgan fingerprint density at radius 3 is 2.50 bits per heavy atom. The van der Waals surface area contributed by atoms with E-state index in [1.165, 1.54) is 5.56 Å². The summed E-state index contributed by atoms with van der Waals surface area (Å²) in [5, 5.41) is 0. The van der Waals surface area contributed by atoms with Crippen molar-refractivity contribution in [2.24, 2.45) is 5.73 Å². The normalized spacial score (nSPS) is 26.6. The molecule has 1 heterocycles. The fourth-order valence-electron chi connectivity index (χ4n) is 2.43. The number of nitrogens with zero attached hydrogens (tertiary/aromatic N) is 1. The summed E-state index contributed by atoms with van der Waals surface area (Å²) in [7, 11) is -0.987. The van der Waals surface area contributed by atoms with Crippen molar-refractivity contribution in [2.75, 3.05) is 25.1 Å². The van der Waals surface area contributed by atoms with Gasteiger partial charge in [-0.15, -0.1) is 0 Å². The molecule has 1 aromatic carbocycles. The number of rotatable bonds is 4. The molecule has 18 heavy (non-hydrogen) atoms. The van der Waals surface area contributed by atoms with Crippen LogP contribution >= 0.6 is 0 Å². The Morgan fingerprint density at radius 2 is 1.94 bits per heavy atom. The average Bonchev–Trinajstić information content (AvgIpc) is 2.61. The quantitative estimate of drug-likeness (QED) is 0.852. The maximum absolute atomic E-state index is 11.5. The summed E-state index contributed by atoms with van der Waals surface area (Å²) in [6.07, 6.45) is 0.917. The van der Waals surface area contributed by atoms with E-state index in [0.717, 1.165) is 13.0 Å². The number of nitrogens with two attached hydrogens (primary N) is 1. The molecule has 100 valence electrons. The van der Waals surface area contributed by atoms with Crippen LogP contribution in [0.15, 0.2) is 30.3 Å². The van der Waals surface area contributed by atoms with Crippen LogP contribution in [0.3, 0.4) is 0 Å². The van der Waals surface area contributed by atoms with Gasteiger partial charge in [0.1, 0.15) is 0 Å². The number of likely N-dealkylation sites (N-methyl/N-ethyl adjacent to an activating group) is 1. The number of hydrogen-bond donors (Lipinski definition) is 1. The van der Waals surface area contributed by atoms with Crippen molar-refractivity contribution in [2.45, 2.75) is 18.5 Å². The van der Waals surface area contributed by atoms with Gasteiger partial charge in [-0.3, -0.25) is 0 Å². The van der Waals surface area contributed by atoms with Crippen molar-refractivity contribution >= 4 is 9.84 Å². The summed E-state index contributed by atoms with van der Waals surface area (Å²) < 4.78 is 23.0. The smallest absolute Gasteiger partial charge is 0.153 e. The first kappa shape index (κ1) is 13.5. The zero-order chi connectivity index (χ0) is 13.2. The largest absolute Gasteiger partial charge is 0.325 e. The van der Waals surface area contributed by atoms with Gasteiger partial charge in [0.25, 0.3) is 0 Å². The second kappa shape index (κ2) is 5.38. The standard InChI is InChI=1S/C13H20N2O2S/c1-15(8-7-11-5-3-2-4-6-11)13-10-18(16,17)9-12(13)14/h2-6,12-13H,7-10,14H2,1H3. The third kappa shape index (κ3) is 3.31. The first-order valence-corrected chi connectivity index (χ1v) is 8.00. The maximum Gasteiger partial charge on any atom is 0.153 e. The third-order valence-electron chi connectivity index (χ3n) is 3.53. The lowest BCUT2D eigenvalue weighted by atomic mass is 10.1. The summed E-state index contributed by atoms with van der Waals surface area (Å²) in [6.45, 7) is 0.831. The first-order valence-electron chi connectivity index (χ1n) is 6.18. The maximum atomic E-state index is 11.5. The zero-order valence-electron chi connectivity index (χ0n) is 10.6. The predicted molar refractivity (Wildman–Crippen MR) is 73.2 cm³/mol. The fraction of sp³-hybridized carbons (Fsp3) is 0.538. The van der Waals surface area contributed by atoms with Crippen molar-refractivity contribution in [3.05, 3.63) is 35.9 Å². The van der Waals surface area contributed by atoms with Crippen LogP contribution in [0.1, 0.15) is 5.56 Å². The molecule has 1 aromatic rings. The van der Waals surface area contributed by atoms with Crippen LogP contribution in [0.2, 0.25) is 0 Å². The molecule has 2 N–H and O–H groups in total. The molecule has 4 nitrogen and oxygen atoms in total. The highest BCUT2D eigenvalue weighted by Crippen LogP contribution is 2.16. The van der Waals surface area contributed by atoms with Gasteiger partial charge < -0.3 is 10.6 Å². The third-order valence-corrected chi connectivity index (χ3v) is 5.27. The van der Waals surface area contributed by atoms with E-state index in [2.05, 4.69) is 17.0 Å². The van der Waals surface area contributed by atoms with E-state index in [0.29, 0.717) is 0 Å². The first-order chi connectivity index (χ1) is 8.48. The molecule has 0 bridgehead atoms. The molecule has 2 atom stereocenters. The summed E-state index contributed by atoms with van der Waals surface area (Å²) >= 11 is 0. The van der Waals surface area contributed by atoms with E-state index in [4.69, 9.17) is 5.73 Å². The fourth-order valence-corrected chi connectivity index (χ4v) is 4.39. The van der Waals surface area contributed by atoms with Crippen LogP contribution in [0.25, 0.3) is 0 Å². The Bertz CT molecular complexity index is 487. The minimum Gasteiger partial charge on any atom is -0.325 e. The highest BCUT2D eigenvalue weighted by Gasteiger charge is 2.37. The highest BCUT2D eigenvalue weighted by atomic mass is 32.2. The molecular formula is C13H20N2O2S. The van der Waals surface area contributed by atoms with Gasteiger partial charge in [0.05, 0.1) is 11.5 Å². The molecule has 2 rings (SSSR count). The predicted octanol–water partition coefficient (Wildman–Crippen LogP) is 0.285. The van der Waals surface area contributed by atoms with Crippen molar-refractivity contribution in [3.8, 4) is 0 Å². The SMILES string of the molecule is CN(CCc1ccccc1)C1CS(=O)(=O)CC1N. The minimum absolute atomic E-state index is 0.0429. The molecule has 0 amide bonds. The van der Waals surface area contributed by atoms with Gasteiger partial charge in [-0.2, -0.15) is 0 Å². The Morgan fingerprint density at radius 1 is 1.28 bits per heavy atom. The van der Waals surface area contributed by atoms with Crippen molar-refractivity contribution in [3.63, 3.8) is 0 Å². The molecule has 0 spiro atoms. The summed E-state index contributed by atoms with van der Waals surface area (Å²) in [5.41, 5.74) is 7.17. The van der Waals surface area contributed by atoms with E-state index < -0.39 is 9.84 Å². The summed E-state index contributed by atoms with van der Waals surface area (Å²) in [4.78, 5) is 2.07. The van der Waals surface area contributed by atoms with Crippen LogP contribution in [-0.2, 0) is 16.3 Å². The Hall–Kier alpha value is -0.910. The van der Waals surface area contributed by atoms with Gasteiger partial charge in [-0.25, -0.2) is 8.42 Å². The lowest BCUT2D eigenvalue weighted by Gasteiger charge is -2.26. The number of hydrogen-bond acceptors (Lipinski definition) is 4. The van der Waals surface area contributed by atoms with Crippen LogP contribution in [0.5, 0.6) is 0 Å². The van der Waals surface area contributed by atoms with Gasteiger partial charge in [0.15, 0.2) is 9.84 Å². The van der Waals surface area contributed by atoms with E-state index in [1.807, 2.05) is 25.2 Å². The number of benzene rings is 1. The van der Waals surface area contributed by atoms with E-state index in [1.54, 1.807) is 0 Å². The minimum atomic E-state index is -2.94. The van der Waals surface area contributed by atoms with Crippen molar-refractivity contribution in [1.82, 2.24) is 4.90 Å². The average molecular weight is 268 g/mol. The molecule has 1 aliphatic rings. The molecule has 0 saturated carbocycles. The Balaban J connectivity index is 1.91. The lowest BCUT2D eigenvalue weighted by Crippen LogP contribution is -2.45. The monoisotopic (exact) mass is 268 g/mol. The summed E-state index contributed by atoms with van der Waals surface area (Å²) in [5.74, 6) is 0.312. The van der Waals surface area contributed by atoms with E-state index in [-0.39, 0.29) is 23.6 Å². The zero-order valence-corrected chi connectivity index (χ0v) is 11.4. The van der Waals surface area contributed by atoms with Gasteiger partial charge in [0.2, 0.25) is 0 Å². The molecule has 0 aromatic heterocycles. The van der Waals surface area contributed by atoms with Crippen molar-refractivity contribution < 1.29 is 8.42 Å². The molecule has 0 radical (unpaired) electrons. The van der Waals surface area contributed by atoms with E-state index in [9.17, 15) is 8.42 Å². The Kier molecular flexibility index (Phi) is 4.04. The van der Waals surface area contributed by atoms with E-state index >= 15 is 0 Å². The lowest BCUT2D eigenvalue weighted by molar-refractivity contribution is 0.247. The molecule has 1 saturated heterocycles. The number of sulfone groups is 1. The van der Waals surface area contributed by atoms with Crippen LogP contribution < -0.4 is 5.73 Å². The second-order valence-electron chi connectivity index (χ2n) is 5.02. The van der Waals surface area contributed by atoms with Gasteiger partial charge >= 0.3 is 0 Å². The molecule has 1 fully saturated rings. The van der Waals surface area contributed by atoms with Crippen LogP contribution in [0.4, 0.5) is 0 Å². The second-order valence-corrected chi connectivity index (χ2v) is 7.18. The molecule has 0 aliphatic carbocycles.